The highest BCUT2D eigenvalue weighted by molar-refractivity contribution is 6.33. The molecule has 0 radical (unpaired) electrons. The molecule has 0 fully saturated rings. The van der Waals surface area contributed by atoms with Crippen molar-refractivity contribution in [1.82, 2.24) is 0 Å². The smallest absolute Gasteiger partial charge is 0.123 e. The van der Waals surface area contributed by atoms with Crippen molar-refractivity contribution in [3.63, 3.8) is 0 Å². The summed E-state index contributed by atoms with van der Waals surface area (Å²) in [7, 11) is 0. The highest BCUT2D eigenvalue weighted by Crippen LogP contribution is 2.32. The number of aryl methyl sites for hydroxylation is 1. The molecule has 0 aliphatic heterocycles. The van der Waals surface area contributed by atoms with Crippen molar-refractivity contribution in [3.05, 3.63) is 69.0 Å². The number of hydrogen-bond acceptors (Lipinski definition) is 1. The standard InChI is InChI=1S/C14H11Cl2FO/c1-8-2-4-10(17)7-11(8)14(18)12-6-9(15)3-5-13(12)16/h2-7,14,18H,1H3. The van der Waals surface area contributed by atoms with Crippen LogP contribution in [-0.4, -0.2) is 5.11 Å². The summed E-state index contributed by atoms with van der Waals surface area (Å²) in [5, 5.41) is 11.2. The summed E-state index contributed by atoms with van der Waals surface area (Å²) in [6.45, 7) is 1.80. The van der Waals surface area contributed by atoms with Crippen LogP contribution in [0.5, 0.6) is 0 Å². The molecule has 2 aromatic rings. The third kappa shape index (κ3) is 2.66. The van der Waals surface area contributed by atoms with E-state index in [1.54, 1.807) is 31.2 Å². The molecule has 0 saturated carbocycles. The number of benzene rings is 2. The Balaban J connectivity index is 2.50. The van der Waals surface area contributed by atoms with E-state index >= 15 is 0 Å². The molecule has 1 nitrogen and oxygen atoms in total. The van der Waals surface area contributed by atoms with E-state index in [1.165, 1.54) is 12.1 Å². The average Bonchev–Trinajstić information content (AvgIpc) is 2.34. The monoisotopic (exact) mass is 284 g/mol. The van der Waals surface area contributed by atoms with Gasteiger partial charge in [0, 0.05) is 15.6 Å². The van der Waals surface area contributed by atoms with E-state index in [0.29, 0.717) is 21.2 Å². The van der Waals surface area contributed by atoms with Crippen LogP contribution in [-0.2, 0) is 0 Å². The number of aliphatic hydroxyl groups is 1. The molecular weight excluding hydrogens is 274 g/mol. The van der Waals surface area contributed by atoms with Crippen molar-refractivity contribution in [1.29, 1.82) is 0 Å². The number of rotatable bonds is 2. The van der Waals surface area contributed by atoms with Gasteiger partial charge in [0.25, 0.3) is 0 Å². The van der Waals surface area contributed by atoms with E-state index in [0.717, 1.165) is 5.56 Å². The molecule has 0 heterocycles. The molecule has 0 saturated heterocycles. The lowest BCUT2D eigenvalue weighted by molar-refractivity contribution is 0.219. The molecular formula is C14H11Cl2FO. The lowest BCUT2D eigenvalue weighted by Crippen LogP contribution is -2.03. The lowest BCUT2D eigenvalue weighted by atomic mass is 9.97. The van der Waals surface area contributed by atoms with Gasteiger partial charge in [-0.25, -0.2) is 4.39 Å². The Morgan fingerprint density at radius 3 is 2.50 bits per heavy atom. The Bertz CT molecular complexity index is 533. The van der Waals surface area contributed by atoms with E-state index in [9.17, 15) is 9.50 Å². The second-order valence-electron chi connectivity index (χ2n) is 4.07. The molecule has 18 heavy (non-hydrogen) atoms. The van der Waals surface area contributed by atoms with Crippen LogP contribution >= 0.6 is 23.2 Å². The van der Waals surface area contributed by atoms with Gasteiger partial charge in [-0.15, -0.1) is 0 Å². The summed E-state index contributed by atoms with van der Waals surface area (Å²) in [5.74, 6) is -0.396. The molecule has 1 unspecified atom stereocenters. The quantitative estimate of drug-likeness (QED) is 0.860. The van der Waals surface area contributed by atoms with Crippen molar-refractivity contribution in [2.24, 2.45) is 0 Å². The number of hydrogen-bond donors (Lipinski definition) is 1. The van der Waals surface area contributed by atoms with E-state index < -0.39 is 11.9 Å². The lowest BCUT2D eigenvalue weighted by Gasteiger charge is -2.16. The van der Waals surface area contributed by atoms with Gasteiger partial charge in [0.15, 0.2) is 0 Å². The first-order chi connectivity index (χ1) is 8.49. The second kappa shape index (κ2) is 5.27. The van der Waals surface area contributed by atoms with Crippen LogP contribution in [0, 0.1) is 12.7 Å². The van der Waals surface area contributed by atoms with Gasteiger partial charge in [-0.2, -0.15) is 0 Å². The number of halogens is 3. The summed E-state index contributed by atoms with van der Waals surface area (Å²) in [6, 6.07) is 9.10. The van der Waals surface area contributed by atoms with Crippen LogP contribution in [0.15, 0.2) is 36.4 Å². The fraction of sp³-hybridized carbons (Fsp3) is 0.143. The Morgan fingerprint density at radius 2 is 1.78 bits per heavy atom. The van der Waals surface area contributed by atoms with Crippen LogP contribution in [0.4, 0.5) is 4.39 Å². The summed E-state index contributed by atoms with van der Waals surface area (Å²) in [6.07, 6.45) is -0.994. The summed E-state index contributed by atoms with van der Waals surface area (Å²) >= 11 is 11.9. The fourth-order valence-electron chi connectivity index (χ4n) is 1.80. The molecule has 0 aromatic heterocycles. The Labute approximate surface area is 115 Å². The summed E-state index contributed by atoms with van der Waals surface area (Å²) in [5.41, 5.74) is 1.75. The molecule has 0 spiro atoms. The van der Waals surface area contributed by atoms with Crippen molar-refractivity contribution >= 4 is 23.2 Å². The van der Waals surface area contributed by atoms with Gasteiger partial charge >= 0.3 is 0 Å². The van der Waals surface area contributed by atoms with Gasteiger partial charge in [-0.3, -0.25) is 0 Å². The first kappa shape index (κ1) is 13.3. The van der Waals surface area contributed by atoms with E-state index in [-0.39, 0.29) is 0 Å². The third-order valence-corrected chi connectivity index (χ3v) is 3.37. The predicted octanol–water partition coefficient (Wildman–Crippen LogP) is 4.52. The molecule has 2 aromatic carbocycles. The van der Waals surface area contributed by atoms with E-state index in [4.69, 9.17) is 23.2 Å². The molecule has 94 valence electrons. The average molecular weight is 285 g/mol. The third-order valence-electron chi connectivity index (χ3n) is 2.79. The van der Waals surface area contributed by atoms with E-state index in [2.05, 4.69) is 0 Å². The van der Waals surface area contributed by atoms with Crippen LogP contribution in [0.2, 0.25) is 10.0 Å². The van der Waals surface area contributed by atoms with Gasteiger partial charge in [0.1, 0.15) is 11.9 Å². The SMILES string of the molecule is Cc1ccc(F)cc1C(O)c1cc(Cl)ccc1Cl. The first-order valence-corrected chi connectivity index (χ1v) is 6.13. The minimum atomic E-state index is -0.994. The minimum absolute atomic E-state index is 0.396. The van der Waals surface area contributed by atoms with Crippen molar-refractivity contribution < 1.29 is 9.50 Å². The van der Waals surface area contributed by atoms with Gasteiger partial charge in [-0.1, -0.05) is 29.3 Å². The second-order valence-corrected chi connectivity index (χ2v) is 4.91. The van der Waals surface area contributed by atoms with Crippen molar-refractivity contribution in [3.8, 4) is 0 Å². The van der Waals surface area contributed by atoms with Crippen LogP contribution in [0.1, 0.15) is 22.8 Å². The fourth-order valence-corrected chi connectivity index (χ4v) is 2.20. The first-order valence-electron chi connectivity index (χ1n) is 5.38. The zero-order valence-electron chi connectivity index (χ0n) is 9.62. The zero-order valence-corrected chi connectivity index (χ0v) is 11.1. The van der Waals surface area contributed by atoms with Crippen LogP contribution in [0.25, 0.3) is 0 Å². The highest BCUT2D eigenvalue weighted by Gasteiger charge is 2.17. The van der Waals surface area contributed by atoms with Crippen molar-refractivity contribution in [2.45, 2.75) is 13.0 Å². The molecule has 0 aliphatic rings. The normalized spacial score (nSPS) is 12.5. The molecule has 0 bridgehead atoms. The minimum Gasteiger partial charge on any atom is -0.384 e. The molecule has 1 atom stereocenters. The Hall–Kier alpha value is -1.09. The van der Waals surface area contributed by atoms with Gasteiger partial charge in [-0.05, 0) is 48.4 Å². The van der Waals surface area contributed by atoms with Crippen LogP contribution < -0.4 is 0 Å². The topological polar surface area (TPSA) is 20.2 Å². The van der Waals surface area contributed by atoms with Gasteiger partial charge in [0.05, 0.1) is 0 Å². The predicted molar refractivity (Wildman–Crippen MR) is 71.7 cm³/mol. The summed E-state index contributed by atoms with van der Waals surface area (Å²) in [4.78, 5) is 0. The Morgan fingerprint density at radius 1 is 1.06 bits per heavy atom. The molecule has 0 aliphatic carbocycles. The Kier molecular flexibility index (Phi) is 3.91. The van der Waals surface area contributed by atoms with Crippen LogP contribution in [0.3, 0.4) is 0 Å². The van der Waals surface area contributed by atoms with Gasteiger partial charge in [0.2, 0.25) is 0 Å². The molecule has 1 N–H and O–H groups in total. The summed E-state index contributed by atoms with van der Waals surface area (Å²) < 4.78 is 13.2. The maximum Gasteiger partial charge on any atom is 0.123 e. The molecule has 4 heteroatoms. The van der Waals surface area contributed by atoms with E-state index in [1.807, 2.05) is 0 Å². The van der Waals surface area contributed by atoms with Crippen molar-refractivity contribution in [2.75, 3.05) is 0 Å². The number of aliphatic hydroxyl groups excluding tert-OH is 1. The largest absolute Gasteiger partial charge is 0.384 e. The maximum atomic E-state index is 13.2. The molecule has 0 amide bonds. The van der Waals surface area contributed by atoms with Gasteiger partial charge < -0.3 is 5.11 Å². The molecule has 2 rings (SSSR count). The zero-order chi connectivity index (χ0) is 13.3. The maximum absolute atomic E-state index is 13.2. The highest BCUT2D eigenvalue weighted by atomic mass is 35.5.